The Morgan fingerprint density at radius 3 is 2.76 bits per heavy atom. The minimum Gasteiger partial charge on any atom is -0.464 e. The van der Waals surface area contributed by atoms with Crippen LogP contribution in [0.4, 0.5) is 0 Å². The van der Waals surface area contributed by atoms with E-state index in [1.807, 2.05) is 6.92 Å². The normalized spacial score (nSPS) is 12.5. The number of hydrogen-bond donors (Lipinski definition) is 1. The molecule has 1 unspecified atom stereocenters. The van der Waals surface area contributed by atoms with E-state index in [4.69, 9.17) is 9.84 Å². The van der Waals surface area contributed by atoms with Crippen LogP contribution in [0.5, 0.6) is 0 Å². The first-order valence-electron chi connectivity index (χ1n) is 5.24. The number of carbonyl (C=O) groups is 1. The molecule has 7 heteroatoms. The average Bonchev–Trinajstić information content (AvgIpc) is 2.72. The van der Waals surface area contributed by atoms with Gasteiger partial charge in [0.05, 0.1) is 19.4 Å². The molecule has 1 atom stereocenters. The Labute approximate surface area is 99.3 Å². The van der Waals surface area contributed by atoms with E-state index in [2.05, 4.69) is 15.0 Å². The van der Waals surface area contributed by atoms with Crippen LogP contribution in [0, 0.1) is 5.92 Å². The van der Waals surface area contributed by atoms with Gasteiger partial charge in [0.1, 0.15) is 0 Å². The van der Waals surface area contributed by atoms with Crippen LogP contribution in [0.2, 0.25) is 0 Å². The molecule has 1 N–H and O–H groups in total. The molecule has 0 spiro atoms. The van der Waals surface area contributed by atoms with Crippen molar-refractivity contribution in [1.29, 1.82) is 0 Å². The van der Waals surface area contributed by atoms with Crippen LogP contribution in [0.3, 0.4) is 0 Å². The number of aromatic nitrogens is 3. The lowest BCUT2D eigenvalue weighted by Crippen LogP contribution is -2.16. The third kappa shape index (κ3) is 3.24. The van der Waals surface area contributed by atoms with Gasteiger partial charge in [-0.25, -0.2) is 9.48 Å². The van der Waals surface area contributed by atoms with E-state index in [1.54, 1.807) is 4.68 Å². The van der Waals surface area contributed by atoms with Crippen molar-refractivity contribution in [2.24, 2.45) is 5.92 Å². The van der Waals surface area contributed by atoms with Crippen molar-refractivity contribution in [3.05, 3.63) is 11.4 Å². The molecule has 1 aromatic rings. The van der Waals surface area contributed by atoms with E-state index >= 15 is 0 Å². The topological polar surface area (TPSA) is 86.5 Å². The SMILES string of the molecule is COCc1c(C(=O)OC)nnn1CC(C)CO. The molecule has 7 nitrogen and oxygen atoms in total. The summed E-state index contributed by atoms with van der Waals surface area (Å²) in [6.07, 6.45) is 0. The molecule has 0 saturated carbocycles. The molecule has 1 rings (SSSR count). The number of aliphatic hydroxyl groups is 1. The molecule has 0 aromatic carbocycles. The molecular weight excluding hydrogens is 226 g/mol. The Kier molecular flexibility index (Phi) is 5.05. The highest BCUT2D eigenvalue weighted by atomic mass is 16.5. The fourth-order valence-electron chi connectivity index (χ4n) is 1.37. The summed E-state index contributed by atoms with van der Waals surface area (Å²) in [6, 6.07) is 0. The zero-order valence-electron chi connectivity index (χ0n) is 10.2. The maximum absolute atomic E-state index is 11.4. The third-order valence-corrected chi connectivity index (χ3v) is 2.29. The lowest BCUT2D eigenvalue weighted by molar-refractivity contribution is 0.0588. The summed E-state index contributed by atoms with van der Waals surface area (Å²) in [5.41, 5.74) is 0.708. The van der Waals surface area contributed by atoms with Crippen molar-refractivity contribution < 1.29 is 19.4 Å². The van der Waals surface area contributed by atoms with Gasteiger partial charge in [-0.2, -0.15) is 0 Å². The maximum Gasteiger partial charge on any atom is 0.360 e. The van der Waals surface area contributed by atoms with E-state index in [9.17, 15) is 4.79 Å². The van der Waals surface area contributed by atoms with Crippen LogP contribution in [-0.2, 0) is 22.6 Å². The van der Waals surface area contributed by atoms with Crippen LogP contribution in [-0.4, -0.2) is 46.9 Å². The predicted molar refractivity (Wildman–Crippen MR) is 58.3 cm³/mol. The van der Waals surface area contributed by atoms with Gasteiger partial charge in [-0.15, -0.1) is 5.10 Å². The molecule has 0 aliphatic heterocycles. The fraction of sp³-hybridized carbons (Fsp3) is 0.700. The van der Waals surface area contributed by atoms with Gasteiger partial charge in [0.2, 0.25) is 0 Å². The van der Waals surface area contributed by atoms with E-state index in [1.165, 1.54) is 14.2 Å². The Hall–Kier alpha value is -1.47. The van der Waals surface area contributed by atoms with Crippen LogP contribution >= 0.6 is 0 Å². The number of ether oxygens (including phenoxy) is 2. The Bertz CT molecular complexity index is 378. The van der Waals surface area contributed by atoms with Crippen molar-refractivity contribution in [3.8, 4) is 0 Å². The molecule has 0 saturated heterocycles. The summed E-state index contributed by atoms with van der Waals surface area (Å²) in [6.45, 7) is 2.60. The molecule has 96 valence electrons. The summed E-state index contributed by atoms with van der Waals surface area (Å²) >= 11 is 0. The Balaban J connectivity index is 2.97. The number of methoxy groups -OCH3 is 2. The summed E-state index contributed by atoms with van der Waals surface area (Å²) < 4.78 is 11.2. The predicted octanol–water partition coefficient (Wildman–Crippen LogP) is -0.161. The van der Waals surface area contributed by atoms with E-state index in [0.717, 1.165) is 0 Å². The molecule has 1 aromatic heterocycles. The first-order chi connectivity index (χ1) is 8.13. The maximum atomic E-state index is 11.4. The Morgan fingerprint density at radius 2 is 2.24 bits per heavy atom. The number of aliphatic hydroxyl groups excluding tert-OH is 1. The van der Waals surface area contributed by atoms with Crippen LogP contribution in [0.1, 0.15) is 23.1 Å². The van der Waals surface area contributed by atoms with E-state index < -0.39 is 5.97 Å². The van der Waals surface area contributed by atoms with Gasteiger partial charge < -0.3 is 14.6 Å². The molecule has 0 fully saturated rings. The van der Waals surface area contributed by atoms with Gasteiger partial charge in [0.15, 0.2) is 5.69 Å². The fourth-order valence-corrected chi connectivity index (χ4v) is 1.37. The second-order valence-corrected chi connectivity index (χ2v) is 3.78. The smallest absolute Gasteiger partial charge is 0.360 e. The zero-order chi connectivity index (χ0) is 12.8. The number of carbonyl (C=O) groups excluding carboxylic acids is 1. The third-order valence-electron chi connectivity index (χ3n) is 2.29. The lowest BCUT2D eigenvalue weighted by atomic mass is 10.2. The first-order valence-corrected chi connectivity index (χ1v) is 5.24. The van der Waals surface area contributed by atoms with Gasteiger partial charge >= 0.3 is 5.97 Å². The van der Waals surface area contributed by atoms with Crippen LogP contribution in [0.15, 0.2) is 0 Å². The highest BCUT2D eigenvalue weighted by Gasteiger charge is 2.20. The first kappa shape index (κ1) is 13.6. The zero-order valence-corrected chi connectivity index (χ0v) is 10.2. The Morgan fingerprint density at radius 1 is 1.53 bits per heavy atom. The molecular formula is C10H17N3O4. The van der Waals surface area contributed by atoms with Crippen molar-refractivity contribution in [3.63, 3.8) is 0 Å². The monoisotopic (exact) mass is 243 g/mol. The highest BCUT2D eigenvalue weighted by Crippen LogP contribution is 2.10. The summed E-state index contributed by atoms with van der Waals surface area (Å²) in [4.78, 5) is 11.4. The number of hydrogen-bond acceptors (Lipinski definition) is 6. The lowest BCUT2D eigenvalue weighted by Gasteiger charge is -2.10. The molecule has 0 bridgehead atoms. The quantitative estimate of drug-likeness (QED) is 0.699. The number of esters is 1. The summed E-state index contributed by atoms with van der Waals surface area (Å²) in [5, 5.41) is 16.6. The summed E-state index contributed by atoms with van der Waals surface area (Å²) in [5.74, 6) is -0.516. The number of nitrogens with zero attached hydrogens (tertiary/aromatic N) is 3. The van der Waals surface area contributed by atoms with Gasteiger partial charge in [-0.3, -0.25) is 0 Å². The number of rotatable bonds is 6. The van der Waals surface area contributed by atoms with E-state index in [0.29, 0.717) is 12.2 Å². The highest BCUT2D eigenvalue weighted by molar-refractivity contribution is 5.88. The second-order valence-electron chi connectivity index (χ2n) is 3.78. The molecule has 0 radical (unpaired) electrons. The molecule has 0 aliphatic rings. The molecule has 0 aliphatic carbocycles. The van der Waals surface area contributed by atoms with Gasteiger partial charge in [0, 0.05) is 20.3 Å². The van der Waals surface area contributed by atoms with Gasteiger partial charge in [0.25, 0.3) is 0 Å². The van der Waals surface area contributed by atoms with Crippen LogP contribution in [0.25, 0.3) is 0 Å². The molecule has 0 amide bonds. The van der Waals surface area contributed by atoms with Crippen molar-refractivity contribution in [1.82, 2.24) is 15.0 Å². The van der Waals surface area contributed by atoms with Gasteiger partial charge in [-0.1, -0.05) is 12.1 Å². The average molecular weight is 243 g/mol. The molecule has 17 heavy (non-hydrogen) atoms. The minimum absolute atomic E-state index is 0.0257. The largest absolute Gasteiger partial charge is 0.464 e. The minimum atomic E-state index is -0.542. The summed E-state index contributed by atoms with van der Waals surface area (Å²) in [7, 11) is 2.81. The van der Waals surface area contributed by atoms with Crippen molar-refractivity contribution in [2.75, 3.05) is 20.8 Å². The molecule has 1 heterocycles. The van der Waals surface area contributed by atoms with Crippen molar-refractivity contribution in [2.45, 2.75) is 20.1 Å². The van der Waals surface area contributed by atoms with Gasteiger partial charge in [-0.05, 0) is 5.92 Å². The second kappa shape index (κ2) is 6.31. The van der Waals surface area contributed by atoms with Crippen molar-refractivity contribution >= 4 is 5.97 Å². The standard InChI is InChI=1S/C10H17N3O4/c1-7(5-14)4-13-8(6-16-2)9(11-12-13)10(15)17-3/h7,14H,4-6H2,1-3H3. The van der Waals surface area contributed by atoms with E-state index in [-0.39, 0.29) is 24.8 Å². The van der Waals surface area contributed by atoms with Crippen LogP contribution < -0.4 is 0 Å².